The van der Waals surface area contributed by atoms with E-state index in [1.807, 2.05) is 0 Å². The third kappa shape index (κ3) is 1.53. The fourth-order valence-electron chi connectivity index (χ4n) is 3.03. The molecule has 3 aromatic carbocycles. The van der Waals surface area contributed by atoms with Crippen LogP contribution in [0.5, 0.6) is 0 Å². The van der Waals surface area contributed by atoms with Gasteiger partial charge < -0.3 is 0 Å². The number of fused-ring (bicyclic) bond motifs is 3. The van der Waals surface area contributed by atoms with Crippen molar-refractivity contribution in [1.29, 1.82) is 0 Å². The highest BCUT2D eigenvalue weighted by Gasteiger charge is 2.18. The maximum absolute atomic E-state index is 4.30. The Balaban J connectivity index is 2.00. The predicted molar refractivity (Wildman–Crippen MR) is 81.3 cm³/mol. The molecule has 4 rings (SSSR count). The van der Waals surface area contributed by atoms with E-state index in [4.69, 9.17) is 0 Å². The molecule has 90 valence electrons. The first-order valence-electron chi connectivity index (χ1n) is 6.62. The Morgan fingerprint density at radius 1 is 0.684 bits per heavy atom. The predicted octanol–water partition coefficient (Wildman–Crippen LogP) is 4.81. The van der Waals surface area contributed by atoms with Gasteiger partial charge in [0.1, 0.15) is 0 Å². The molecule has 0 heteroatoms. The fourth-order valence-corrected chi connectivity index (χ4v) is 3.03. The summed E-state index contributed by atoms with van der Waals surface area (Å²) in [7, 11) is 0. The van der Waals surface area contributed by atoms with Gasteiger partial charge in [-0.15, -0.1) is 0 Å². The molecule has 0 saturated heterocycles. The molecule has 0 nitrogen and oxygen atoms in total. The van der Waals surface area contributed by atoms with E-state index in [1.165, 1.54) is 33.0 Å². The Morgan fingerprint density at radius 2 is 1.37 bits per heavy atom. The van der Waals surface area contributed by atoms with Crippen molar-refractivity contribution in [2.45, 2.75) is 6.42 Å². The maximum atomic E-state index is 4.30. The van der Waals surface area contributed by atoms with E-state index in [-0.39, 0.29) is 0 Å². The molecule has 1 aliphatic rings. The van der Waals surface area contributed by atoms with Crippen molar-refractivity contribution in [2.75, 3.05) is 0 Å². The van der Waals surface area contributed by atoms with Gasteiger partial charge in [-0.25, -0.2) is 0 Å². The van der Waals surface area contributed by atoms with E-state index in [9.17, 15) is 0 Å². The van der Waals surface area contributed by atoms with Crippen LogP contribution in [0, 0.1) is 0 Å². The van der Waals surface area contributed by atoms with Crippen LogP contribution < -0.4 is 0 Å². The molecule has 0 unspecified atom stereocenters. The molecule has 0 fully saturated rings. The molecule has 3 aromatic rings. The molecule has 0 radical (unpaired) electrons. The molecule has 0 aromatic heterocycles. The zero-order valence-corrected chi connectivity index (χ0v) is 10.7. The summed E-state index contributed by atoms with van der Waals surface area (Å²) in [6.45, 7) is 4.30. The summed E-state index contributed by atoms with van der Waals surface area (Å²) in [6, 6.07) is 21.7. The van der Waals surface area contributed by atoms with Crippen LogP contribution >= 0.6 is 0 Å². The minimum atomic E-state index is 1.01. The molecule has 0 amide bonds. The highest BCUT2D eigenvalue weighted by Crippen LogP contribution is 2.36. The van der Waals surface area contributed by atoms with Crippen LogP contribution in [0.2, 0.25) is 0 Å². The van der Waals surface area contributed by atoms with Crippen LogP contribution in [0.4, 0.5) is 0 Å². The number of hydrogen-bond acceptors (Lipinski definition) is 0. The Bertz CT molecular complexity index is 809. The zero-order chi connectivity index (χ0) is 12.8. The first kappa shape index (κ1) is 10.6. The van der Waals surface area contributed by atoms with Crippen molar-refractivity contribution in [3.63, 3.8) is 0 Å². The summed E-state index contributed by atoms with van der Waals surface area (Å²) in [5, 5.41) is 2.61. The van der Waals surface area contributed by atoms with Gasteiger partial charge in [0.05, 0.1) is 0 Å². The van der Waals surface area contributed by atoms with E-state index in [1.54, 1.807) is 0 Å². The molecule has 1 aliphatic carbocycles. The van der Waals surface area contributed by atoms with Crippen LogP contribution in [-0.2, 0) is 6.42 Å². The topological polar surface area (TPSA) is 0 Å². The molecular weight excluding hydrogens is 228 g/mol. The molecule has 0 bridgehead atoms. The monoisotopic (exact) mass is 242 g/mol. The molecule has 0 aliphatic heterocycles. The smallest absolute Gasteiger partial charge is 0.00132 e. The average Bonchev–Trinajstić information content (AvgIpc) is 2.46. The average molecular weight is 242 g/mol. The lowest BCUT2D eigenvalue weighted by Gasteiger charge is -2.22. The van der Waals surface area contributed by atoms with Crippen LogP contribution in [0.15, 0.2) is 67.2 Å². The van der Waals surface area contributed by atoms with E-state index >= 15 is 0 Å². The van der Waals surface area contributed by atoms with Gasteiger partial charge in [0.25, 0.3) is 0 Å². The lowest BCUT2D eigenvalue weighted by Crippen LogP contribution is -2.05. The van der Waals surface area contributed by atoms with Gasteiger partial charge in [0.15, 0.2) is 0 Å². The van der Waals surface area contributed by atoms with Crippen molar-refractivity contribution in [2.24, 2.45) is 0 Å². The minimum Gasteiger partial charge on any atom is -0.0905 e. The van der Waals surface area contributed by atoms with Gasteiger partial charge in [-0.3, -0.25) is 0 Å². The van der Waals surface area contributed by atoms with Crippen molar-refractivity contribution >= 4 is 16.3 Å². The number of benzene rings is 3. The largest absolute Gasteiger partial charge is 0.0905 e. The SMILES string of the molecule is C=C1c2ccccc2Cc2cc3ccccc3cc21. The molecule has 0 heterocycles. The second-order valence-corrected chi connectivity index (χ2v) is 5.17. The second kappa shape index (κ2) is 3.83. The summed E-state index contributed by atoms with van der Waals surface area (Å²) in [5.74, 6) is 0. The normalized spacial score (nSPS) is 13.2. The standard InChI is InChI=1S/C19H14/c1-13-18-9-5-4-8-16(18)11-17-10-14-6-2-3-7-15(14)12-19(13)17/h2-10,12H,1,11H2. The summed E-state index contributed by atoms with van der Waals surface area (Å²) >= 11 is 0. The summed E-state index contributed by atoms with van der Waals surface area (Å²) < 4.78 is 0. The van der Waals surface area contributed by atoms with Crippen molar-refractivity contribution < 1.29 is 0 Å². The molecule has 0 spiro atoms. The van der Waals surface area contributed by atoms with E-state index in [0.29, 0.717) is 0 Å². The zero-order valence-electron chi connectivity index (χ0n) is 10.7. The number of hydrogen-bond donors (Lipinski definition) is 0. The second-order valence-electron chi connectivity index (χ2n) is 5.17. The van der Waals surface area contributed by atoms with E-state index in [2.05, 4.69) is 67.2 Å². The minimum absolute atomic E-state index is 1.01. The van der Waals surface area contributed by atoms with E-state index in [0.717, 1.165) is 12.0 Å². The molecule has 0 atom stereocenters. The third-order valence-electron chi connectivity index (χ3n) is 4.02. The van der Waals surface area contributed by atoms with Crippen LogP contribution in [0.25, 0.3) is 16.3 Å². The lowest BCUT2D eigenvalue weighted by molar-refractivity contribution is 1.15. The number of rotatable bonds is 0. The molecule has 0 saturated carbocycles. The van der Waals surface area contributed by atoms with Gasteiger partial charge >= 0.3 is 0 Å². The maximum Gasteiger partial charge on any atom is -0.00132 e. The quantitative estimate of drug-likeness (QED) is 0.415. The summed E-state index contributed by atoms with van der Waals surface area (Å²) in [6.07, 6.45) is 1.01. The van der Waals surface area contributed by atoms with Gasteiger partial charge in [-0.05, 0) is 51.1 Å². The van der Waals surface area contributed by atoms with Crippen molar-refractivity contribution in [3.05, 3.63) is 89.5 Å². The molecule has 0 N–H and O–H groups in total. The highest BCUT2D eigenvalue weighted by atomic mass is 14.2. The van der Waals surface area contributed by atoms with Crippen LogP contribution in [0.3, 0.4) is 0 Å². The Labute approximate surface area is 113 Å². The highest BCUT2D eigenvalue weighted by molar-refractivity contribution is 5.92. The van der Waals surface area contributed by atoms with Crippen molar-refractivity contribution in [3.8, 4) is 0 Å². The molecule has 19 heavy (non-hydrogen) atoms. The lowest BCUT2D eigenvalue weighted by atomic mass is 9.82. The first-order valence-corrected chi connectivity index (χ1v) is 6.62. The Kier molecular flexibility index (Phi) is 2.13. The third-order valence-corrected chi connectivity index (χ3v) is 4.02. The Hall–Kier alpha value is -2.34. The van der Waals surface area contributed by atoms with Gasteiger partial charge in [0, 0.05) is 0 Å². The van der Waals surface area contributed by atoms with Crippen LogP contribution in [-0.4, -0.2) is 0 Å². The Morgan fingerprint density at radius 3 is 2.21 bits per heavy atom. The fraction of sp³-hybridized carbons (Fsp3) is 0.0526. The van der Waals surface area contributed by atoms with E-state index < -0.39 is 0 Å². The van der Waals surface area contributed by atoms with Crippen molar-refractivity contribution in [1.82, 2.24) is 0 Å². The first-order chi connectivity index (χ1) is 9.33. The summed E-state index contributed by atoms with van der Waals surface area (Å²) in [4.78, 5) is 0. The summed E-state index contributed by atoms with van der Waals surface area (Å²) in [5.41, 5.74) is 6.53. The van der Waals surface area contributed by atoms with Gasteiger partial charge in [0.2, 0.25) is 0 Å². The van der Waals surface area contributed by atoms with Crippen LogP contribution in [0.1, 0.15) is 22.3 Å². The molecular formula is C19H14. The van der Waals surface area contributed by atoms with Gasteiger partial charge in [-0.1, -0.05) is 61.2 Å². The van der Waals surface area contributed by atoms with Gasteiger partial charge in [-0.2, -0.15) is 0 Å².